The van der Waals surface area contributed by atoms with E-state index in [0.29, 0.717) is 19.8 Å². The lowest BCUT2D eigenvalue weighted by atomic mass is 10.1. The maximum absolute atomic E-state index is 5.78. The molecule has 1 aromatic carbocycles. The fourth-order valence-corrected chi connectivity index (χ4v) is 3.32. The number of ether oxygens (including phenoxy) is 3. The fraction of sp³-hybridized carbons (Fsp3) is 0.571. The van der Waals surface area contributed by atoms with Gasteiger partial charge in [-0.15, -0.1) is 0 Å². The number of rotatable bonds is 10. The molecule has 0 fully saturated rings. The van der Waals surface area contributed by atoms with Gasteiger partial charge in [-0.1, -0.05) is 6.07 Å². The Labute approximate surface area is 177 Å². The molecule has 0 saturated heterocycles. The van der Waals surface area contributed by atoms with Crippen molar-refractivity contribution >= 4 is 5.96 Å². The lowest BCUT2D eigenvalue weighted by Crippen LogP contribution is -2.47. The van der Waals surface area contributed by atoms with Gasteiger partial charge in [0, 0.05) is 45.1 Å². The zero-order valence-electron chi connectivity index (χ0n) is 18.1. The monoisotopic (exact) mass is 416 g/mol. The van der Waals surface area contributed by atoms with E-state index in [0.717, 1.165) is 61.5 Å². The first-order chi connectivity index (χ1) is 14.7. The van der Waals surface area contributed by atoms with Crippen LogP contribution in [0.3, 0.4) is 0 Å². The molecule has 9 heteroatoms. The summed E-state index contributed by atoms with van der Waals surface area (Å²) in [7, 11) is 3.31. The van der Waals surface area contributed by atoms with Crippen molar-refractivity contribution in [1.29, 1.82) is 0 Å². The Bertz CT molecular complexity index is 823. The number of aliphatic imine (C=N–C) groups is 1. The van der Waals surface area contributed by atoms with Crippen LogP contribution in [0.25, 0.3) is 0 Å². The van der Waals surface area contributed by atoms with Crippen LogP contribution >= 0.6 is 0 Å². The molecule has 0 saturated carbocycles. The molecule has 0 aliphatic carbocycles. The summed E-state index contributed by atoms with van der Waals surface area (Å²) >= 11 is 0. The average molecular weight is 417 g/mol. The van der Waals surface area contributed by atoms with Gasteiger partial charge < -0.3 is 24.8 Å². The van der Waals surface area contributed by atoms with Crippen LogP contribution in [0.4, 0.5) is 0 Å². The minimum atomic E-state index is 0.264. The SMILES string of the molecule is CCNC(=NCCCOc1cccc(OC)c1)NC1CCc2nc(COC)nn2C1. The van der Waals surface area contributed by atoms with Crippen molar-refractivity contribution in [3.8, 4) is 11.5 Å². The Balaban J connectivity index is 1.46. The first-order valence-electron chi connectivity index (χ1n) is 10.4. The van der Waals surface area contributed by atoms with Gasteiger partial charge in [-0.2, -0.15) is 5.10 Å². The quantitative estimate of drug-likeness (QED) is 0.346. The number of nitrogens with zero attached hydrogens (tertiary/aromatic N) is 4. The summed E-state index contributed by atoms with van der Waals surface area (Å²) in [4.78, 5) is 9.22. The van der Waals surface area contributed by atoms with Gasteiger partial charge in [-0.25, -0.2) is 9.67 Å². The highest BCUT2D eigenvalue weighted by Crippen LogP contribution is 2.19. The predicted octanol–water partition coefficient (Wildman–Crippen LogP) is 1.77. The van der Waals surface area contributed by atoms with Crippen LogP contribution in [0.15, 0.2) is 29.3 Å². The van der Waals surface area contributed by atoms with Gasteiger partial charge in [0.25, 0.3) is 0 Å². The number of aromatic nitrogens is 3. The Morgan fingerprint density at radius 1 is 1.30 bits per heavy atom. The highest BCUT2D eigenvalue weighted by atomic mass is 16.5. The van der Waals surface area contributed by atoms with Gasteiger partial charge >= 0.3 is 0 Å². The fourth-order valence-electron chi connectivity index (χ4n) is 3.32. The molecule has 0 bridgehead atoms. The number of benzene rings is 1. The first kappa shape index (κ1) is 21.9. The molecule has 9 nitrogen and oxygen atoms in total. The van der Waals surface area contributed by atoms with Crippen LogP contribution < -0.4 is 20.1 Å². The average Bonchev–Trinajstić information content (AvgIpc) is 3.15. The Hall–Kier alpha value is -2.81. The highest BCUT2D eigenvalue weighted by molar-refractivity contribution is 5.80. The second kappa shape index (κ2) is 11.4. The summed E-state index contributed by atoms with van der Waals surface area (Å²) in [6.45, 7) is 5.38. The van der Waals surface area contributed by atoms with Crippen molar-refractivity contribution in [1.82, 2.24) is 25.4 Å². The van der Waals surface area contributed by atoms with Crippen molar-refractivity contribution in [3.05, 3.63) is 35.9 Å². The second-order valence-electron chi connectivity index (χ2n) is 7.08. The standard InChI is InChI=1S/C21H32N6O3/c1-4-22-21(23-11-6-12-30-18-8-5-7-17(13-18)29-3)24-16-9-10-20-25-19(15-28-2)26-27(20)14-16/h5,7-8,13,16H,4,6,9-12,14-15H2,1-3H3,(H2,22,23,24). The molecule has 2 aromatic rings. The molecular formula is C21H32N6O3. The number of hydrogen-bond acceptors (Lipinski definition) is 6. The third kappa shape index (κ3) is 6.35. The summed E-state index contributed by atoms with van der Waals surface area (Å²) < 4.78 is 18.1. The molecule has 1 unspecified atom stereocenters. The molecule has 0 amide bonds. The zero-order chi connectivity index (χ0) is 21.2. The zero-order valence-corrected chi connectivity index (χ0v) is 18.1. The van der Waals surface area contributed by atoms with Crippen molar-refractivity contribution < 1.29 is 14.2 Å². The topological polar surface area (TPSA) is 94.8 Å². The van der Waals surface area contributed by atoms with Crippen molar-refractivity contribution in [2.75, 3.05) is 33.9 Å². The second-order valence-corrected chi connectivity index (χ2v) is 7.08. The highest BCUT2D eigenvalue weighted by Gasteiger charge is 2.22. The largest absolute Gasteiger partial charge is 0.497 e. The molecule has 1 aliphatic heterocycles. The Morgan fingerprint density at radius 2 is 2.17 bits per heavy atom. The molecule has 0 spiro atoms. The van der Waals surface area contributed by atoms with Gasteiger partial charge in [0.15, 0.2) is 11.8 Å². The van der Waals surface area contributed by atoms with Crippen LogP contribution in [-0.4, -0.2) is 60.7 Å². The van der Waals surface area contributed by atoms with E-state index in [1.165, 1.54) is 0 Å². The van der Waals surface area contributed by atoms with Crippen LogP contribution in [0.2, 0.25) is 0 Å². The molecule has 1 atom stereocenters. The molecule has 30 heavy (non-hydrogen) atoms. The van der Waals surface area contributed by atoms with Gasteiger partial charge in [-0.3, -0.25) is 4.99 Å². The predicted molar refractivity (Wildman–Crippen MR) is 115 cm³/mol. The van der Waals surface area contributed by atoms with E-state index in [9.17, 15) is 0 Å². The Morgan fingerprint density at radius 3 is 2.97 bits per heavy atom. The van der Waals surface area contributed by atoms with E-state index in [1.54, 1.807) is 14.2 Å². The van der Waals surface area contributed by atoms with E-state index in [-0.39, 0.29) is 6.04 Å². The molecule has 1 aliphatic rings. The summed E-state index contributed by atoms with van der Waals surface area (Å²) in [6.07, 6.45) is 2.71. The van der Waals surface area contributed by atoms with Crippen molar-refractivity contribution in [2.24, 2.45) is 4.99 Å². The maximum Gasteiger partial charge on any atom is 0.191 e. The van der Waals surface area contributed by atoms with E-state index in [2.05, 4.69) is 32.6 Å². The molecular weight excluding hydrogens is 384 g/mol. The van der Waals surface area contributed by atoms with Gasteiger partial charge in [0.2, 0.25) is 0 Å². The molecule has 2 heterocycles. The minimum absolute atomic E-state index is 0.264. The van der Waals surface area contributed by atoms with Crippen molar-refractivity contribution in [3.63, 3.8) is 0 Å². The van der Waals surface area contributed by atoms with Crippen LogP contribution in [0.1, 0.15) is 31.4 Å². The van der Waals surface area contributed by atoms with Crippen LogP contribution in [-0.2, 0) is 24.3 Å². The molecule has 0 radical (unpaired) electrons. The number of hydrogen-bond donors (Lipinski definition) is 2. The number of fused-ring (bicyclic) bond motifs is 1. The van der Waals surface area contributed by atoms with E-state index in [1.807, 2.05) is 28.9 Å². The van der Waals surface area contributed by atoms with Crippen LogP contribution in [0, 0.1) is 0 Å². The Kier molecular flexibility index (Phi) is 8.31. The number of nitrogens with one attached hydrogen (secondary N) is 2. The summed E-state index contributed by atoms with van der Waals surface area (Å²) in [5.74, 6) is 4.19. The normalized spacial score (nSPS) is 16.1. The van der Waals surface area contributed by atoms with E-state index < -0.39 is 0 Å². The number of methoxy groups -OCH3 is 2. The third-order valence-electron chi connectivity index (χ3n) is 4.74. The van der Waals surface area contributed by atoms with E-state index >= 15 is 0 Å². The molecule has 2 N–H and O–H groups in total. The van der Waals surface area contributed by atoms with Crippen molar-refractivity contribution in [2.45, 2.75) is 45.4 Å². The summed E-state index contributed by atoms with van der Waals surface area (Å²) in [5.41, 5.74) is 0. The third-order valence-corrected chi connectivity index (χ3v) is 4.74. The van der Waals surface area contributed by atoms with Gasteiger partial charge in [0.05, 0.1) is 20.3 Å². The lowest BCUT2D eigenvalue weighted by molar-refractivity contribution is 0.177. The summed E-state index contributed by atoms with van der Waals surface area (Å²) in [6, 6.07) is 7.89. The van der Waals surface area contributed by atoms with Gasteiger partial charge in [0.1, 0.15) is 23.9 Å². The van der Waals surface area contributed by atoms with Crippen LogP contribution in [0.5, 0.6) is 11.5 Å². The molecule has 1 aromatic heterocycles. The van der Waals surface area contributed by atoms with Gasteiger partial charge in [-0.05, 0) is 25.5 Å². The smallest absolute Gasteiger partial charge is 0.191 e. The lowest BCUT2D eigenvalue weighted by Gasteiger charge is -2.25. The maximum atomic E-state index is 5.78. The minimum Gasteiger partial charge on any atom is -0.497 e. The summed E-state index contributed by atoms with van der Waals surface area (Å²) in [5, 5.41) is 11.4. The molecule has 164 valence electrons. The number of aryl methyl sites for hydroxylation is 1. The molecule has 3 rings (SSSR count). The first-order valence-corrected chi connectivity index (χ1v) is 10.4. The number of guanidine groups is 1. The van der Waals surface area contributed by atoms with E-state index in [4.69, 9.17) is 14.2 Å².